The van der Waals surface area contributed by atoms with Gasteiger partial charge >= 0.3 is 6.09 Å². The van der Waals surface area contributed by atoms with Crippen LogP contribution in [-0.2, 0) is 27.2 Å². The first-order valence-corrected chi connectivity index (χ1v) is 15.4. The van der Waals surface area contributed by atoms with E-state index in [0.717, 1.165) is 48.8 Å². The Morgan fingerprint density at radius 2 is 1.50 bits per heavy atom. The van der Waals surface area contributed by atoms with Gasteiger partial charge in [0.25, 0.3) is 0 Å². The van der Waals surface area contributed by atoms with Gasteiger partial charge in [0, 0.05) is 19.0 Å². The third-order valence-corrected chi connectivity index (χ3v) is 7.02. The molecule has 8 nitrogen and oxygen atoms in total. The maximum Gasteiger partial charge on any atom is 0.408 e. The quantitative estimate of drug-likeness (QED) is 0.209. The highest BCUT2D eigenvalue weighted by Crippen LogP contribution is 2.26. The molecule has 2 rings (SSSR count). The normalized spacial score (nSPS) is 13.5. The summed E-state index contributed by atoms with van der Waals surface area (Å²) >= 11 is 0. The van der Waals surface area contributed by atoms with Gasteiger partial charge in [-0.25, -0.2) is 4.79 Å². The van der Waals surface area contributed by atoms with Crippen LogP contribution in [0.2, 0.25) is 0 Å². The number of hydrogen-bond acceptors (Lipinski definition) is 5. The van der Waals surface area contributed by atoms with Crippen LogP contribution >= 0.6 is 0 Å². The molecule has 3 unspecified atom stereocenters. The second-order valence-electron chi connectivity index (χ2n) is 12.0. The van der Waals surface area contributed by atoms with E-state index in [2.05, 4.69) is 31.4 Å². The molecule has 3 atom stereocenters. The number of rotatable bonds is 15. The highest BCUT2D eigenvalue weighted by molar-refractivity contribution is 5.92. The van der Waals surface area contributed by atoms with E-state index in [9.17, 15) is 19.5 Å². The van der Waals surface area contributed by atoms with Crippen LogP contribution in [0.4, 0.5) is 4.79 Å². The average Bonchev–Trinajstić information content (AvgIpc) is 2.92. The largest absolute Gasteiger partial charge is 0.508 e. The first kappa shape index (κ1) is 34.7. The monoisotopic (exact) mass is 581 g/mol. The van der Waals surface area contributed by atoms with Crippen LogP contribution in [0.15, 0.2) is 48.5 Å². The molecule has 0 radical (unpaired) electrons. The lowest BCUT2D eigenvalue weighted by molar-refractivity contribution is -0.142. The van der Waals surface area contributed by atoms with E-state index >= 15 is 0 Å². The number of ether oxygens (including phenoxy) is 1. The van der Waals surface area contributed by atoms with Crippen molar-refractivity contribution in [2.45, 2.75) is 117 Å². The number of benzene rings is 2. The molecular formula is C34H51N3O5. The number of phenols is 1. The Morgan fingerprint density at radius 1 is 0.881 bits per heavy atom. The first-order chi connectivity index (χ1) is 19.9. The van der Waals surface area contributed by atoms with Gasteiger partial charge < -0.3 is 25.4 Å². The summed E-state index contributed by atoms with van der Waals surface area (Å²) < 4.78 is 5.51. The second-order valence-corrected chi connectivity index (χ2v) is 12.0. The number of aryl methyl sites for hydroxylation is 1. The summed E-state index contributed by atoms with van der Waals surface area (Å²) in [5.41, 5.74) is 1.85. The van der Waals surface area contributed by atoms with Crippen molar-refractivity contribution in [2.75, 3.05) is 6.54 Å². The van der Waals surface area contributed by atoms with Gasteiger partial charge in [-0.2, -0.15) is 0 Å². The first-order valence-electron chi connectivity index (χ1n) is 15.4. The number of nitrogens with zero attached hydrogens (tertiary/aromatic N) is 1. The van der Waals surface area contributed by atoms with E-state index in [4.69, 9.17) is 4.74 Å². The second kappa shape index (κ2) is 16.8. The standard InChI is InChI=1S/C34H51N3O5/c1-8-11-12-22-37(30(31(39)35-24(4)13-9-2)27-18-14-25(10-3)15-19-27)32(40)29(36-33(41)42-34(5,6)7)23-26-16-20-28(38)21-17-26/h14-21,24,29-30,38H,8-13,22-23H2,1-7H3,(H,35,39)(H,36,41). The lowest BCUT2D eigenvalue weighted by atomic mass is 9.98. The Hall–Kier alpha value is -3.55. The van der Waals surface area contributed by atoms with Crippen LogP contribution in [0.1, 0.15) is 103 Å². The van der Waals surface area contributed by atoms with Crippen molar-refractivity contribution in [3.05, 3.63) is 65.2 Å². The van der Waals surface area contributed by atoms with Crippen molar-refractivity contribution in [3.8, 4) is 5.75 Å². The number of hydrogen-bond donors (Lipinski definition) is 3. The zero-order valence-electron chi connectivity index (χ0n) is 26.5. The van der Waals surface area contributed by atoms with Crippen molar-refractivity contribution in [2.24, 2.45) is 0 Å². The molecule has 2 aromatic rings. The maximum atomic E-state index is 14.5. The van der Waals surface area contributed by atoms with E-state index < -0.39 is 23.8 Å². The minimum atomic E-state index is -0.996. The van der Waals surface area contributed by atoms with Gasteiger partial charge in [-0.05, 0) is 75.8 Å². The topological polar surface area (TPSA) is 108 Å². The molecule has 0 fully saturated rings. The molecule has 0 heterocycles. The number of amides is 3. The van der Waals surface area contributed by atoms with Gasteiger partial charge in [0.2, 0.25) is 11.8 Å². The molecule has 0 saturated heterocycles. The highest BCUT2D eigenvalue weighted by Gasteiger charge is 2.36. The summed E-state index contributed by atoms with van der Waals surface area (Å²) in [6.45, 7) is 13.8. The third kappa shape index (κ3) is 11.4. The Balaban J connectivity index is 2.57. The van der Waals surface area contributed by atoms with Gasteiger partial charge in [-0.3, -0.25) is 9.59 Å². The van der Waals surface area contributed by atoms with E-state index in [1.54, 1.807) is 49.9 Å². The van der Waals surface area contributed by atoms with Crippen molar-refractivity contribution >= 4 is 17.9 Å². The molecule has 0 saturated carbocycles. The van der Waals surface area contributed by atoms with E-state index in [1.165, 1.54) is 0 Å². The van der Waals surface area contributed by atoms with Gasteiger partial charge in [0.05, 0.1) is 0 Å². The lowest BCUT2D eigenvalue weighted by Crippen LogP contribution is -2.54. The van der Waals surface area contributed by atoms with Crippen molar-refractivity contribution in [1.82, 2.24) is 15.5 Å². The molecule has 0 spiro atoms. The smallest absolute Gasteiger partial charge is 0.408 e. The van der Waals surface area contributed by atoms with Crippen LogP contribution in [0.25, 0.3) is 0 Å². The summed E-state index contributed by atoms with van der Waals surface area (Å²) in [5, 5.41) is 15.7. The van der Waals surface area contributed by atoms with Crippen LogP contribution in [0.3, 0.4) is 0 Å². The van der Waals surface area contributed by atoms with Gasteiger partial charge in [-0.1, -0.05) is 76.4 Å². The predicted molar refractivity (Wildman–Crippen MR) is 167 cm³/mol. The molecule has 42 heavy (non-hydrogen) atoms. The molecule has 8 heteroatoms. The number of carbonyl (C=O) groups is 3. The molecule has 2 aromatic carbocycles. The summed E-state index contributed by atoms with van der Waals surface area (Å²) in [7, 11) is 0. The van der Waals surface area contributed by atoms with Crippen LogP contribution in [-0.4, -0.2) is 52.1 Å². The van der Waals surface area contributed by atoms with Crippen molar-refractivity contribution < 1.29 is 24.2 Å². The SMILES string of the molecule is CCCCCN(C(=O)C(Cc1ccc(O)cc1)NC(=O)OC(C)(C)C)C(C(=O)NC(C)CCC)c1ccc(CC)cc1. The van der Waals surface area contributed by atoms with Gasteiger partial charge in [0.1, 0.15) is 23.4 Å². The minimum absolute atomic E-state index is 0.0554. The van der Waals surface area contributed by atoms with E-state index in [1.807, 2.05) is 31.2 Å². The summed E-state index contributed by atoms with van der Waals surface area (Å²) in [5.74, 6) is -0.505. The molecule has 0 bridgehead atoms. The minimum Gasteiger partial charge on any atom is -0.508 e. The molecule has 0 aliphatic heterocycles. The average molecular weight is 582 g/mol. The summed E-state index contributed by atoms with van der Waals surface area (Å²) in [6.07, 6.45) is 4.61. The Morgan fingerprint density at radius 3 is 2.05 bits per heavy atom. The fraction of sp³-hybridized carbons (Fsp3) is 0.559. The van der Waals surface area contributed by atoms with E-state index in [-0.39, 0.29) is 30.0 Å². The molecule has 232 valence electrons. The fourth-order valence-electron chi connectivity index (χ4n) is 4.85. The number of aromatic hydroxyl groups is 1. The van der Waals surface area contributed by atoms with Crippen LogP contribution < -0.4 is 10.6 Å². The summed E-state index contributed by atoms with van der Waals surface area (Å²) in [6, 6.07) is 12.4. The Bertz CT molecular complexity index is 1130. The Labute approximate surface area is 252 Å². The van der Waals surface area contributed by atoms with Crippen molar-refractivity contribution in [1.29, 1.82) is 0 Å². The zero-order chi connectivity index (χ0) is 31.3. The molecule has 0 aliphatic carbocycles. The lowest BCUT2D eigenvalue weighted by Gasteiger charge is -2.35. The predicted octanol–water partition coefficient (Wildman–Crippen LogP) is 6.46. The Kier molecular flexibility index (Phi) is 13.8. The maximum absolute atomic E-state index is 14.5. The number of carbonyl (C=O) groups excluding carboxylic acids is 3. The number of phenolic OH excluding ortho intramolecular Hbond substituents is 1. The fourth-order valence-corrected chi connectivity index (χ4v) is 4.85. The number of nitrogens with one attached hydrogen (secondary N) is 2. The molecule has 3 amide bonds. The number of alkyl carbamates (subject to hydrolysis) is 1. The molecule has 0 aromatic heterocycles. The summed E-state index contributed by atoms with van der Waals surface area (Å²) in [4.78, 5) is 43.0. The third-order valence-electron chi connectivity index (χ3n) is 7.02. The molecular weight excluding hydrogens is 530 g/mol. The van der Waals surface area contributed by atoms with Gasteiger partial charge in [0.15, 0.2) is 0 Å². The molecule has 3 N–H and O–H groups in total. The van der Waals surface area contributed by atoms with Crippen molar-refractivity contribution in [3.63, 3.8) is 0 Å². The highest BCUT2D eigenvalue weighted by atomic mass is 16.6. The van der Waals surface area contributed by atoms with Gasteiger partial charge in [-0.15, -0.1) is 0 Å². The van der Waals surface area contributed by atoms with Crippen LogP contribution in [0.5, 0.6) is 5.75 Å². The molecule has 0 aliphatic rings. The van der Waals surface area contributed by atoms with E-state index in [0.29, 0.717) is 13.0 Å². The van der Waals surface area contributed by atoms with Crippen LogP contribution in [0, 0.1) is 0 Å². The number of unbranched alkanes of at least 4 members (excludes halogenated alkanes) is 2. The zero-order valence-corrected chi connectivity index (χ0v) is 26.5.